The highest BCUT2D eigenvalue weighted by Crippen LogP contribution is 2.41. The van der Waals surface area contributed by atoms with Gasteiger partial charge in [0.15, 0.2) is 15.6 Å². The van der Waals surface area contributed by atoms with Gasteiger partial charge in [-0.15, -0.1) is 0 Å². The fourth-order valence-electron chi connectivity index (χ4n) is 2.72. The normalized spacial score (nSPS) is 13.5. The minimum Gasteiger partial charge on any atom is -0.507 e. The molecule has 0 bridgehead atoms. The van der Waals surface area contributed by atoms with Gasteiger partial charge < -0.3 is 19.9 Å². The van der Waals surface area contributed by atoms with E-state index in [0.717, 1.165) is 12.8 Å². The van der Waals surface area contributed by atoms with Crippen molar-refractivity contribution in [3.8, 4) is 17.2 Å². The number of rotatable bonds is 7. The van der Waals surface area contributed by atoms with E-state index in [0.29, 0.717) is 0 Å². The second kappa shape index (κ2) is 9.33. The van der Waals surface area contributed by atoms with Crippen molar-refractivity contribution in [2.75, 3.05) is 17.7 Å². The van der Waals surface area contributed by atoms with Gasteiger partial charge in [-0.2, -0.15) is 0 Å². The molecule has 2 aromatic rings. The van der Waals surface area contributed by atoms with Crippen LogP contribution in [0, 0.1) is 5.92 Å². The quantitative estimate of drug-likeness (QED) is 0.443. The third kappa shape index (κ3) is 5.81. The fraction of sp³-hybridized carbons (Fsp3) is 0.300. The van der Waals surface area contributed by atoms with Gasteiger partial charge in [0.2, 0.25) is 0 Å². The Bertz CT molecular complexity index is 1110. The Kier molecular flexibility index (Phi) is 6.98. The van der Waals surface area contributed by atoms with Gasteiger partial charge >= 0.3 is 11.9 Å². The van der Waals surface area contributed by atoms with Gasteiger partial charge in [0.1, 0.15) is 16.4 Å². The number of phenolic OH excluding ortho intramolecular Hbond substituents is 1. The van der Waals surface area contributed by atoms with Crippen LogP contribution in [0.4, 0.5) is 5.69 Å². The Balaban J connectivity index is 1.82. The maximum atomic E-state index is 12.5. The van der Waals surface area contributed by atoms with Crippen LogP contribution in [0.5, 0.6) is 17.2 Å². The van der Waals surface area contributed by atoms with Gasteiger partial charge in [0, 0.05) is 11.8 Å². The van der Waals surface area contributed by atoms with Gasteiger partial charge in [-0.1, -0.05) is 23.2 Å². The monoisotopic (exact) mass is 487 g/mol. The predicted octanol–water partition coefficient (Wildman–Crippen LogP) is 4.18. The third-order valence-electron chi connectivity index (χ3n) is 4.36. The zero-order valence-electron chi connectivity index (χ0n) is 16.4. The van der Waals surface area contributed by atoms with Crippen LogP contribution in [0.2, 0.25) is 10.0 Å². The van der Waals surface area contributed by atoms with E-state index in [9.17, 15) is 23.1 Å². The highest BCUT2D eigenvalue weighted by atomic mass is 35.5. The number of benzene rings is 2. The molecule has 0 aromatic heterocycles. The molecule has 3 rings (SSSR count). The molecule has 1 amide bonds. The molecular formula is C20H19Cl2NO7S. The first-order valence-corrected chi connectivity index (χ1v) is 11.7. The summed E-state index contributed by atoms with van der Waals surface area (Å²) in [5, 5.41) is 12.3. The molecule has 1 saturated carbocycles. The van der Waals surface area contributed by atoms with E-state index in [-0.39, 0.29) is 56.2 Å². The van der Waals surface area contributed by atoms with E-state index in [4.69, 9.17) is 27.9 Å². The number of ether oxygens (including phenoxy) is 2. The second-order valence-corrected chi connectivity index (χ2v) is 9.72. The number of anilines is 1. The molecule has 166 valence electrons. The van der Waals surface area contributed by atoms with Gasteiger partial charge in [-0.05, 0) is 49.9 Å². The summed E-state index contributed by atoms with van der Waals surface area (Å²) in [6.07, 6.45) is 1.70. The number of sulfone groups is 1. The minimum absolute atomic E-state index is 0.00196. The molecule has 1 aliphatic carbocycles. The fourth-order valence-corrected chi connectivity index (χ4v) is 5.10. The van der Waals surface area contributed by atoms with Gasteiger partial charge in [0.25, 0.3) is 0 Å². The Morgan fingerprint density at radius 1 is 1.16 bits per heavy atom. The highest BCUT2D eigenvalue weighted by Gasteiger charge is 2.31. The van der Waals surface area contributed by atoms with E-state index in [2.05, 4.69) is 10.1 Å². The van der Waals surface area contributed by atoms with Crippen LogP contribution >= 0.6 is 23.2 Å². The molecule has 2 N–H and O–H groups in total. The lowest BCUT2D eigenvalue weighted by Gasteiger charge is -2.13. The molecule has 11 heteroatoms. The number of aromatic hydroxyl groups is 1. The number of nitrogens with one attached hydrogen (secondary N) is 1. The molecule has 1 fully saturated rings. The number of carbonyl (C=O) groups excluding carboxylic acids is 2. The molecule has 0 radical (unpaired) electrons. The van der Waals surface area contributed by atoms with Gasteiger partial charge in [-0.25, -0.2) is 13.2 Å². The molecule has 2 aromatic carbocycles. The van der Waals surface area contributed by atoms with Crippen molar-refractivity contribution in [2.45, 2.75) is 24.7 Å². The second-order valence-electron chi connectivity index (χ2n) is 6.90. The molecule has 0 heterocycles. The molecule has 0 atom stereocenters. The molecule has 31 heavy (non-hydrogen) atoms. The molecule has 8 nitrogen and oxygen atoms in total. The lowest BCUT2D eigenvalue weighted by molar-refractivity contribution is -0.152. The van der Waals surface area contributed by atoms with E-state index in [1.165, 1.54) is 30.3 Å². The first-order chi connectivity index (χ1) is 14.6. The zero-order chi connectivity index (χ0) is 22.8. The Hall–Kier alpha value is -2.49. The summed E-state index contributed by atoms with van der Waals surface area (Å²) in [6, 6.07) is 6.41. The number of hydrogen-bond donors (Lipinski definition) is 2. The Morgan fingerprint density at radius 3 is 2.39 bits per heavy atom. The summed E-state index contributed by atoms with van der Waals surface area (Å²) in [4.78, 5) is 23.0. The largest absolute Gasteiger partial charge is 0.507 e. The van der Waals surface area contributed by atoms with Crippen LogP contribution in [0.25, 0.3) is 0 Å². The number of esters is 1. The highest BCUT2D eigenvalue weighted by molar-refractivity contribution is 7.91. The zero-order valence-corrected chi connectivity index (χ0v) is 18.7. The van der Waals surface area contributed by atoms with Crippen LogP contribution < -0.4 is 10.1 Å². The van der Waals surface area contributed by atoms with Gasteiger partial charge in [0.05, 0.1) is 22.4 Å². The average molecular weight is 488 g/mol. The van der Waals surface area contributed by atoms with E-state index in [1.807, 2.05) is 0 Å². The van der Waals surface area contributed by atoms with Crippen LogP contribution in [0.1, 0.15) is 19.8 Å². The number of phenols is 1. The van der Waals surface area contributed by atoms with Crippen LogP contribution in [-0.4, -0.2) is 37.8 Å². The molecule has 0 spiro atoms. The predicted molar refractivity (Wildman–Crippen MR) is 115 cm³/mol. The topological polar surface area (TPSA) is 119 Å². The number of halogens is 2. The van der Waals surface area contributed by atoms with E-state index >= 15 is 0 Å². The number of hydrogen-bond acceptors (Lipinski definition) is 7. The molecule has 0 saturated heterocycles. The maximum Gasteiger partial charge on any atom is 0.397 e. The number of amides is 1. The van der Waals surface area contributed by atoms with Crippen molar-refractivity contribution in [3.63, 3.8) is 0 Å². The third-order valence-corrected chi connectivity index (χ3v) is 6.82. The standard InChI is InChI=1S/C20H19Cl2NO7S/c1-2-29-20(26)19(25)23-12-7-14(21)18(15(22)8-12)30-13-5-6-16(24)17(9-13)31(27,28)10-11-3-4-11/h5-9,11,24H,2-4,10H2,1H3,(H,23,25). The van der Waals surface area contributed by atoms with Crippen molar-refractivity contribution in [1.82, 2.24) is 0 Å². The summed E-state index contributed by atoms with van der Waals surface area (Å²) in [6.45, 7) is 1.61. The summed E-state index contributed by atoms with van der Waals surface area (Å²) >= 11 is 12.4. The van der Waals surface area contributed by atoms with Crippen molar-refractivity contribution in [2.24, 2.45) is 5.92 Å². The van der Waals surface area contributed by atoms with Gasteiger partial charge in [-0.3, -0.25) is 4.79 Å². The van der Waals surface area contributed by atoms with Crippen LogP contribution in [0.3, 0.4) is 0 Å². The van der Waals surface area contributed by atoms with Crippen molar-refractivity contribution in [3.05, 3.63) is 40.4 Å². The summed E-state index contributed by atoms with van der Waals surface area (Å²) in [5.74, 6) is -2.25. The Labute approximate surface area is 189 Å². The molecular weight excluding hydrogens is 469 g/mol. The summed E-state index contributed by atoms with van der Waals surface area (Å²) in [7, 11) is -3.68. The van der Waals surface area contributed by atoms with E-state index in [1.54, 1.807) is 6.92 Å². The first-order valence-electron chi connectivity index (χ1n) is 9.31. The molecule has 0 unspecified atom stereocenters. The average Bonchev–Trinajstić information content (AvgIpc) is 3.49. The smallest absolute Gasteiger partial charge is 0.397 e. The minimum atomic E-state index is -3.68. The van der Waals surface area contributed by atoms with Crippen LogP contribution in [0.15, 0.2) is 35.2 Å². The molecule has 0 aliphatic heterocycles. The van der Waals surface area contributed by atoms with Crippen LogP contribution in [-0.2, 0) is 24.2 Å². The van der Waals surface area contributed by atoms with Crippen molar-refractivity contribution in [1.29, 1.82) is 0 Å². The Morgan fingerprint density at radius 2 is 1.81 bits per heavy atom. The summed E-state index contributed by atoms with van der Waals surface area (Å²) < 4.78 is 35.3. The first kappa shape index (κ1) is 23.2. The SMILES string of the molecule is CCOC(=O)C(=O)Nc1cc(Cl)c(Oc2ccc(O)c(S(=O)(=O)CC3CC3)c2)c(Cl)c1. The lowest BCUT2D eigenvalue weighted by atomic mass is 10.2. The lowest BCUT2D eigenvalue weighted by Crippen LogP contribution is -2.24. The van der Waals surface area contributed by atoms with Crippen molar-refractivity contribution < 1.29 is 32.6 Å². The van der Waals surface area contributed by atoms with Crippen molar-refractivity contribution >= 4 is 50.6 Å². The number of carbonyl (C=O) groups is 2. The van der Waals surface area contributed by atoms with E-state index < -0.39 is 21.7 Å². The summed E-state index contributed by atoms with van der Waals surface area (Å²) in [5.41, 5.74) is 0.138. The maximum absolute atomic E-state index is 12.5. The molecule has 1 aliphatic rings.